The molecule has 0 atom stereocenters. The van der Waals surface area contributed by atoms with Gasteiger partial charge in [-0.1, -0.05) is 0 Å². The van der Waals surface area contributed by atoms with Crippen molar-refractivity contribution in [2.24, 2.45) is 0 Å². The zero-order valence-electron chi connectivity index (χ0n) is 8.65. The molecule has 2 heterocycles. The largest absolute Gasteiger partial charge is 0.419 e. The van der Waals surface area contributed by atoms with E-state index in [0.29, 0.717) is 23.8 Å². The first kappa shape index (κ1) is 9.70. The van der Waals surface area contributed by atoms with Gasteiger partial charge in [0.15, 0.2) is 11.6 Å². The van der Waals surface area contributed by atoms with Gasteiger partial charge in [-0.15, -0.1) is 0 Å². The molecule has 6 heteroatoms. The van der Waals surface area contributed by atoms with E-state index >= 15 is 0 Å². The minimum atomic E-state index is -0.291. The molecule has 2 N–H and O–H groups in total. The van der Waals surface area contributed by atoms with E-state index in [2.05, 4.69) is 9.97 Å². The maximum Gasteiger partial charge on any atom is 0.331 e. The zero-order valence-corrected chi connectivity index (χ0v) is 8.65. The Bertz CT molecular complexity index is 419. The summed E-state index contributed by atoms with van der Waals surface area (Å²) < 4.78 is 5.09. The number of carbonyl (C=O) groups excluding carboxylic acids is 1. The lowest BCUT2D eigenvalue weighted by atomic mass is 10.3. The lowest BCUT2D eigenvalue weighted by Crippen LogP contribution is -2.37. The molecule has 0 aromatic carbocycles. The fourth-order valence-corrected chi connectivity index (χ4v) is 1.54. The van der Waals surface area contributed by atoms with Crippen molar-refractivity contribution in [1.29, 1.82) is 0 Å². The number of nitrogens with two attached hydrogens (primary N) is 1. The Balaban J connectivity index is 2.55. The van der Waals surface area contributed by atoms with Gasteiger partial charge in [-0.25, -0.2) is 9.78 Å². The van der Waals surface area contributed by atoms with Crippen LogP contribution in [0.3, 0.4) is 0 Å². The number of nitrogen functional groups attached to an aromatic ring is 1. The Hall–Kier alpha value is -1.85. The van der Waals surface area contributed by atoms with Gasteiger partial charge in [0.2, 0.25) is 5.95 Å². The van der Waals surface area contributed by atoms with Crippen LogP contribution in [-0.4, -0.2) is 29.0 Å². The van der Waals surface area contributed by atoms with Crippen molar-refractivity contribution in [3.63, 3.8) is 0 Å². The van der Waals surface area contributed by atoms with E-state index in [1.165, 1.54) is 0 Å². The summed E-state index contributed by atoms with van der Waals surface area (Å²) in [5.74, 6) is 0.924. The highest BCUT2D eigenvalue weighted by atomic mass is 16.5. The Morgan fingerprint density at radius 1 is 1.53 bits per heavy atom. The van der Waals surface area contributed by atoms with Crippen LogP contribution in [-0.2, 0) is 4.79 Å². The van der Waals surface area contributed by atoms with Crippen LogP contribution < -0.4 is 15.4 Å². The zero-order chi connectivity index (χ0) is 11.0. The molecule has 0 bridgehead atoms. The number of anilines is 2. The molecule has 80 valence electrons. The quantitative estimate of drug-likeness (QED) is 0.660. The molecule has 1 aromatic heterocycles. The Labute approximate surface area is 87.1 Å². The second-order valence-corrected chi connectivity index (χ2v) is 3.31. The van der Waals surface area contributed by atoms with Gasteiger partial charge >= 0.3 is 5.97 Å². The summed E-state index contributed by atoms with van der Waals surface area (Å²) in [4.78, 5) is 21.1. The second kappa shape index (κ2) is 3.38. The molecule has 1 aliphatic heterocycles. The summed E-state index contributed by atoms with van der Waals surface area (Å²) in [6.45, 7) is 4.57. The Kier molecular flexibility index (Phi) is 2.18. The second-order valence-electron chi connectivity index (χ2n) is 3.31. The standard InChI is InChI=1S/C9H12N4O2/c1-3-13-4-6(14)15-7-5(2)11-9(10)12-8(7)13/h3-4H2,1-2H3,(H2,10,11,12). The van der Waals surface area contributed by atoms with Crippen molar-refractivity contribution in [1.82, 2.24) is 9.97 Å². The summed E-state index contributed by atoms with van der Waals surface area (Å²) in [7, 11) is 0. The van der Waals surface area contributed by atoms with E-state index in [-0.39, 0.29) is 18.5 Å². The van der Waals surface area contributed by atoms with Gasteiger partial charge in [-0.05, 0) is 13.8 Å². The lowest BCUT2D eigenvalue weighted by molar-refractivity contribution is -0.133. The number of carbonyl (C=O) groups is 1. The van der Waals surface area contributed by atoms with Gasteiger partial charge in [0, 0.05) is 6.54 Å². The highest BCUT2D eigenvalue weighted by molar-refractivity contribution is 5.83. The summed E-state index contributed by atoms with van der Waals surface area (Å²) in [5, 5.41) is 0. The molecule has 0 unspecified atom stereocenters. The normalized spacial score (nSPS) is 14.8. The Morgan fingerprint density at radius 3 is 2.93 bits per heavy atom. The van der Waals surface area contributed by atoms with E-state index in [1.54, 1.807) is 6.92 Å². The molecule has 0 saturated carbocycles. The van der Waals surface area contributed by atoms with E-state index in [4.69, 9.17) is 10.5 Å². The van der Waals surface area contributed by atoms with Gasteiger partial charge in [0.05, 0.1) is 5.69 Å². The smallest absolute Gasteiger partial charge is 0.331 e. The van der Waals surface area contributed by atoms with Crippen LogP contribution in [0.2, 0.25) is 0 Å². The van der Waals surface area contributed by atoms with Crippen LogP contribution in [0.1, 0.15) is 12.6 Å². The first-order chi connectivity index (χ1) is 7.11. The first-order valence-electron chi connectivity index (χ1n) is 4.71. The van der Waals surface area contributed by atoms with Crippen LogP contribution in [0.15, 0.2) is 0 Å². The van der Waals surface area contributed by atoms with Gasteiger partial charge in [0.25, 0.3) is 0 Å². The number of hydrogen-bond donors (Lipinski definition) is 1. The fourth-order valence-electron chi connectivity index (χ4n) is 1.54. The molecule has 2 rings (SSSR count). The number of aryl methyl sites for hydroxylation is 1. The number of likely N-dealkylation sites (N-methyl/N-ethyl adjacent to an activating group) is 1. The highest BCUT2D eigenvalue weighted by Crippen LogP contribution is 2.32. The molecule has 0 saturated heterocycles. The number of aromatic nitrogens is 2. The fraction of sp³-hybridized carbons (Fsp3) is 0.444. The average molecular weight is 208 g/mol. The lowest BCUT2D eigenvalue weighted by Gasteiger charge is -2.27. The maximum atomic E-state index is 11.3. The predicted octanol–water partition coefficient (Wildman–Crippen LogP) is 0.113. The SMILES string of the molecule is CCN1CC(=O)Oc2c(C)nc(N)nc21. The predicted molar refractivity (Wildman–Crippen MR) is 54.7 cm³/mol. The average Bonchev–Trinajstić information content (AvgIpc) is 2.18. The van der Waals surface area contributed by atoms with Crippen LogP contribution >= 0.6 is 0 Å². The van der Waals surface area contributed by atoms with E-state index < -0.39 is 0 Å². The number of hydrogen-bond acceptors (Lipinski definition) is 6. The molecule has 6 nitrogen and oxygen atoms in total. The molecule has 0 fully saturated rings. The van der Waals surface area contributed by atoms with E-state index in [1.807, 2.05) is 11.8 Å². The van der Waals surface area contributed by atoms with Crippen molar-refractivity contribution in [3.05, 3.63) is 5.69 Å². The number of fused-ring (bicyclic) bond motifs is 1. The van der Waals surface area contributed by atoms with Crippen molar-refractivity contribution < 1.29 is 9.53 Å². The van der Waals surface area contributed by atoms with Crippen LogP contribution in [0, 0.1) is 6.92 Å². The summed E-state index contributed by atoms with van der Waals surface area (Å²) >= 11 is 0. The third-order valence-corrected chi connectivity index (χ3v) is 2.25. The van der Waals surface area contributed by atoms with E-state index in [0.717, 1.165) is 0 Å². The first-order valence-corrected chi connectivity index (χ1v) is 4.71. The topological polar surface area (TPSA) is 81.3 Å². The molecule has 0 aliphatic carbocycles. The maximum absolute atomic E-state index is 11.3. The van der Waals surface area contributed by atoms with Crippen LogP contribution in [0.4, 0.5) is 11.8 Å². The number of nitrogens with zero attached hydrogens (tertiary/aromatic N) is 3. The van der Waals surface area contributed by atoms with Crippen molar-refractivity contribution in [2.75, 3.05) is 23.7 Å². The summed E-state index contributed by atoms with van der Waals surface area (Å²) in [6, 6.07) is 0. The molecular weight excluding hydrogens is 196 g/mol. The number of ether oxygens (including phenoxy) is 1. The summed E-state index contributed by atoms with van der Waals surface area (Å²) in [5.41, 5.74) is 6.13. The van der Waals surface area contributed by atoms with E-state index in [9.17, 15) is 4.79 Å². The molecular formula is C9H12N4O2. The van der Waals surface area contributed by atoms with Crippen LogP contribution in [0.5, 0.6) is 5.75 Å². The monoisotopic (exact) mass is 208 g/mol. The van der Waals surface area contributed by atoms with Gasteiger partial charge in [-0.2, -0.15) is 4.98 Å². The van der Waals surface area contributed by atoms with Crippen molar-refractivity contribution in [2.45, 2.75) is 13.8 Å². The Morgan fingerprint density at radius 2 is 2.27 bits per heavy atom. The minimum absolute atomic E-state index is 0.197. The van der Waals surface area contributed by atoms with Crippen molar-refractivity contribution >= 4 is 17.7 Å². The number of esters is 1. The van der Waals surface area contributed by atoms with Crippen LogP contribution in [0.25, 0.3) is 0 Å². The minimum Gasteiger partial charge on any atom is -0.419 e. The third-order valence-electron chi connectivity index (χ3n) is 2.25. The van der Waals surface area contributed by atoms with Gasteiger partial charge in [-0.3, -0.25) is 0 Å². The molecule has 1 aliphatic rings. The van der Waals surface area contributed by atoms with Gasteiger partial charge in [0.1, 0.15) is 6.54 Å². The number of rotatable bonds is 1. The molecule has 1 aromatic rings. The molecule has 0 amide bonds. The molecule has 0 radical (unpaired) electrons. The summed E-state index contributed by atoms with van der Waals surface area (Å²) in [6.07, 6.45) is 0. The third kappa shape index (κ3) is 1.58. The molecule has 15 heavy (non-hydrogen) atoms. The van der Waals surface area contributed by atoms with Gasteiger partial charge < -0.3 is 15.4 Å². The highest BCUT2D eigenvalue weighted by Gasteiger charge is 2.26. The van der Waals surface area contributed by atoms with Crippen molar-refractivity contribution in [3.8, 4) is 5.75 Å². The molecule has 0 spiro atoms.